The van der Waals surface area contributed by atoms with Crippen LogP contribution in [0.15, 0.2) is 47.1 Å². The second-order valence-corrected chi connectivity index (χ2v) is 5.46. The molecule has 0 radical (unpaired) electrons. The lowest BCUT2D eigenvalue weighted by Gasteiger charge is -2.12. The van der Waals surface area contributed by atoms with Crippen LogP contribution in [0.3, 0.4) is 0 Å². The van der Waals surface area contributed by atoms with Crippen molar-refractivity contribution in [3.05, 3.63) is 59.5 Å². The highest BCUT2D eigenvalue weighted by molar-refractivity contribution is 5.97. The summed E-state index contributed by atoms with van der Waals surface area (Å²) in [5.41, 5.74) is 4.61. The molecular formula is C18H20N2O3. The second-order valence-electron chi connectivity index (χ2n) is 5.46. The molecule has 3 aromatic rings. The summed E-state index contributed by atoms with van der Waals surface area (Å²) in [5.74, 6) is -0.123. The number of aryl methyl sites for hydroxylation is 1. The van der Waals surface area contributed by atoms with E-state index in [1.54, 1.807) is 19.4 Å². The quantitative estimate of drug-likeness (QED) is 0.712. The van der Waals surface area contributed by atoms with Crippen LogP contribution in [0.5, 0.6) is 0 Å². The molecule has 5 nitrogen and oxygen atoms in total. The lowest BCUT2D eigenvalue weighted by atomic mass is 10.1. The smallest absolute Gasteiger partial charge is 0.268 e. The minimum Gasteiger partial charge on any atom is -0.463 e. The molecule has 0 fully saturated rings. The van der Waals surface area contributed by atoms with E-state index in [-0.39, 0.29) is 5.91 Å². The molecule has 23 heavy (non-hydrogen) atoms. The number of carbonyl (C=O) groups is 1. The first kappa shape index (κ1) is 15.4. The average Bonchev–Trinajstić information content (AvgIpc) is 3.12. The molecule has 0 bridgehead atoms. The number of amides is 1. The summed E-state index contributed by atoms with van der Waals surface area (Å²) in [5, 5.41) is 2.86. The molecule has 0 spiro atoms. The molecule has 1 N–H and O–H groups in total. The van der Waals surface area contributed by atoms with E-state index in [9.17, 15) is 4.79 Å². The van der Waals surface area contributed by atoms with E-state index in [1.165, 1.54) is 11.1 Å². The van der Waals surface area contributed by atoms with Crippen molar-refractivity contribution < 1.29 is 13.9 Å². The molecule has 0 saturated heterocycles. The summed E-state index contributed by atoms with van der Waals surface area (Å²) >= 11 is 0. The monoisotopic (exact) mass is 312 g/mol. The Morgan fingerprint density at radius 1 is 1.30 bits per heavy atom. The molecule has 0 aliphatic carbocycles. The Morgan fingerprint density at radius 3 is 2.91 bits per heavy atom. The molecule has 1 amide bonds. The van der Waals surface area contributed by atoms with Gasteiger partial charge in [-0.05, 0) is 18.1 Å². The number of hydrogen-bond donors (Lipinski definition) is 1. The highest BCUT2D eigenvalue weighted by Crippen LogP contribution is 2.23. The van der Waals surface area contributed by atoms with Crippen molar-refractivity contribution in [2.24, 2.45) is 0 Å². The van der Waals surface area contributed by atoms with Crippen molar-refractivity contribution >= 4 is 17.0 Å². The van der Waals surface area contributed by atoms with E-state index >= 15 is 0 Å². The van der Waals surface area contributed by atoms with Crippen molar-refractivity contribution in [3.63, 3.8) is 0 Å². The van der Waals surface area contributed by atoms with Gasteiger partial charge in [-0.25, -0.2) is 0 Å². The maximum atomic E-state index is 12.5. The molecule has 0 unspecified atom stereocenters. The Hall–Kier alpha value is -2.53. The van der Waals surface area contributed by atoms with E-state index in [1.807, 2.05) is 22.8 Å². The third-order valence-corrected chi connectivity index (χ3v) is 3.94. The molecule has 3 rings (SSSR count). The van der Waals surface area contributed by atoms with Gasteiger partial charge in [0.05, 0.1) is 18.4 Å². The Kier molecular flexibility index (Phi) is 4.48. The van der Waals surface area contributed by atoms with Crippen molar-refractivity contribution in [3.8, 4) is 0 Å². The van der Waals surface area contributed by atoms with Crippen LogP contribution in [-0.4, -0.2) is 30.7 Å². The highest BCUT2D eigenvalue weighted by atomic mass is 16.5. The Bertz CT molecular complexity index is 817. The molecular weight excluding hydrogens is 292 g/mol. The van der Waals surface area contributed by atoms with Gasteiger partial charge in [-0.1, -0.05) is 24.3 Å². The minimum atomic E-state index is -0.123. The highest BCUT2D eigenvalue weighted by Gasteiger charge is 2.17. The molecule has 120 valence electrons. The predicted molar refractivity (Wildman–Crippen MR) is 88.7 cm³/mol. The van der Waals surface area contributed by atoms with Gasteiger partial charge in [-0.15, -0.1) is 0 Å². The molecule has 0 aliphatic rings. The van der Waals surface area contributed by atoms with E-state index < -0.39 is 0 Å². The predicted octanol–water partition coefficient (Wildman–Crippen LogP) is 2.97. The number of methoxy groups -OCH3 is 1. The minimum absolute atomic E-state index is 0.123. The van der Waals surface area contributed by atoms with E-state index in [4.69, 9.17) is 9.15 Å². The fraction of sp³-hybridized carbons (Fsp3) is 0.278. The van der Waals surface area contributed by atoms with Crippen molar-refractivity contribution in [2.75, 3.05) is 20.3 Å². The number of furan rings is 1. The number of ether oxygens (including phenoxy) is 1. The standard InChI is InChI=1S/C18H20N2O3/c1-13-5-3-4-6-14(13)12-20-15-7-9-23-17(15)11-16(20)18(21)19-8-10-22-2/h3-7,9,11H,8,10,12H2,1-2H3,(H,19,21). The van der Waals surface area contributed by atoms with Gasteiger partial charge in [0, 0.05) is 32.3 Å². The molecule has 5 heteroatoms. The van der Waals surface area contributed by atoms with Crippen LogP contribution in [0.4, 0.5) is 0 Å². The van der Waals surface area contributed by atoms with Gasteiger partial charge >= 0.3 is 0 Å². The molecule has 2 aromatic heterocycles. The fourth-order valence-electron chi connectivity index (χ4n) is 2.65. The molecule has 0 aliphatic heterocycles. The molecule has 2 heterocycles. The van der Waals surface area contributed by atoms with E-state index in [0.29, 0.717) is 25.4 Å². The zero-order valence-corrected chi connectivity index (χ0v) is 13.3. The second kappa shape index (κ2) is 6.71. The third kappa shape index (κ3) is 3.14. The van der Waals surface area contributed by atoms with Gasteiger partial charge in [-0.3, -0.25) is 4.79 Å². The summed E-state index contributed by atoms with van der Waals surface area (Å²) in [6, 6.07) is 11.9. The van der Waals surface area contributed by atoms with Gasteiger partial charge in [0.2, 0.25) is 0 Å². The number of benzene rings is 1. The van der Waals surface area contributed by atoms with Crippen molar-refractivity contribution in [1.82, 2.24) is 9.88 Å². The first-order chi connectivity index (χ1) is 11.2. The Balaban J connectivity index is 1.94. The molecule has 1 aromatic carbocycles. The third-order valence-electron chi connectivity index (χ3n) is 3.94. The summed E-state index contributed by atoms with van der Waals surface area (Å²) in [6.07, 6.45) is 1.64. The van der Waals surface area contributed by atoms with Gasteiger partial charge in [0.15, 0.2) is 5.58 Å². The number of hydrogen-bond acceptors (Lipinski definition) is 3. The van der Waals surface area contributed by atoms with Gasteiger partial charge in [0.1, 0.15) is 5.69 Å². The number of rotatable bonds is 6. The number of fused-ring (bicyclic) bond motifs is 1. The van der Waals surface area contributed by atoms with Crippen LogP contribution < -0.4 is 5.32 Å². The topological polar surface area (TPSA) is 56.4 Å². The SMILES string of the molecule is COCCNC(=O)c1cc2occc2n1Cc1ccccc1C. The maximum Gasteiger partial charge on any atom is 0.268 e. The lowest BCUT2D eigenvalue weighted by molar-refractivity contribution is 0.0928. The maximum absolute atomic E-state index is 12.5. The summed E-state index contributed by atoms with van der Waals surface area (Å²) < 4.78 is 12.4. The number of nitrogens with zero attached hydrogens (tertiary/aromatic N) is 1. The van der Waals surface area contributed by atoms with E-state index in [0.717, 1.165) is 11.1 Å². The fourth-order valence-corrected chi connectivity index (χ4v) is 2.65. The largest absolute Gasteiger partial charge is 0.463 e. The van der Waals surface area contributed by atoms with Crippen LogP contribution in [0, 0.1) is 6.92 Å². The Labute approximate surface area is 134 Å². The zero-order valence-electron chi connectivity index (χ0n) is 13.3. The summed E-state index contributed by atoms with van der Waals surface area (Å²) in [4.78, 5) is 12.5. The normalized spacial score (nSPS) is 11.0. The number of aromatic nitrogens is 1. The van der Waals surface area contributed by atoms with Crippen LogP contribution in [0.25, 0.3) is 11.1 Å². The van der Waals surface area contributed by atoms with Crippen LogP contribution in [0.2, 0.25) is 0 Å². The lowest BCUT2D eigenvalue weighted by Crippen LogP contribution is -2.29. The zero-order chi connectivity index (χ0) is 16.2. The van der Waals surface area contributed by atoms with E-state index in [2.05, 4.69) is 24.4 Å². The van der Waals surface area contributed by atoms with Gasteiger partial charge in [-0.2, -0.15) is 0 Å². The van der Waals surface area contributed by atoms with Crippen molar-refractivity contribution in [2.45, 2.75) is 13.5 Å². The number of nitrogens with one attached hydrogen (secondary N) is 1. The van der Waals surface area contributed by atoms with Crippen LogP contribution in [0.1, 0.15) is 21.6 Å². The first-order valence-corrected chi connectivity index (χ1v) is 7.59. The summed E-state index contributed by atoms with van der Waals surface area (Å²) in [7, 11) is 1.61. The van der Waals surface area contributed by atoms with Gasteiger partial charge in [0.25, 0.3) is 5.91 Å². The molecule has 0 atom stereocenters. The average molecular weight is 312 g/mol. The molecule has 0 saturated carbocycles. The first-order valence-electron chi connectivity index (χ1n) is 7.59. The van der Waals surface area contributed by atoms with Gasteiger partial charge < -0.3 is 19.0 Å². The van der Waals surface area contributed by atoms with Crippen LogP contribution in [-0.2, 0) is 11.3 Å². The summed E-state index contributed by atoms with van der Waals surface area (Å²) in [6.45, 7) is 3.67. The van der Waals surface area contributed by atoms with Crippen LogP contribution >= 0.6 is 0 Å². The number of carbonyl (C=O) groups excluding carboxylic acids is 1. The Morgan fingerprint density at radius 2 is 2.13 bits per heavy atom. The van der Waals surface area contributed by atoms with Crippen molar-refractivity contribution in [1.29, 1.82) is 0 Å².